The summed E-state index contributed by atoms with van der Waals surface area (Å²) in [6.07, 6.45) is 11.4. The molecule has 0 aromatic heterocycles. The van der Waals surface area contributed by atoms with E-state index in [9.17, 15) is 0 Å². The van der Waals surface area contributed by atoms with Gasteiger partial charge in [-0.05, 0) is 12.8 Å². The third-order valence-corrected chi connectivity index (χ3v) is 2.68. The Bertz CT molecular complexity index is 153. The molecule has 0 aliphatic rings. The van der Waals surface area contributed by atoms with Gasteiger partial charge in [-0.15, -0.1) is 0 Å². The van der Waals surface area contributed by atoms with Crippen molar-refractivity contribution in [2.24, 2.45) is 0 Å². The number of hydrogen-bond donors (Lipinski definition) is 1. The van der Waals surface area contributed by atoms with E-state index in [-0.39, 0.29) is 6.47 Å². The lowest BCUT2D eigenvalue weighted by atomic mass is 10.1. The van der Waals surface area contributed by atoms with Gasteiger partial charge < -0.3 is 9.59 Å². The molecule has 0 aromatic rings. The predicted molar refractivity (Wildman–Crippen MR) is 74.2 cm³/mol. The minimum Gasteiger partial charge on any atom is -0.483 e. The molecule has 0 spiro atoms. The van der Waals surface area contributed by atoms with Crippen LogP contribution >= 0.6 is 0 Å². The zero-order valence-corrected chi connectivity index (χ0v) is 12.2. The van der Waals surface area contributed by atoms with Crippen molar-refractivity contribution in [1.82, 2.24) is 0 Å². The fourth-order valence-electron chi connectivity index (χ4n) is 1.72. The van der Waals surface area contributed by atoms with Gasteiger partial charge in [-0.25, -0.2) is 0 Å². The van der Waals surface area contributed by atoms with Crippen molar-refractivity contribution in [3.8, 4) is 0 Å². The fraction of sp³-hybridized carbons (Fsp3) is 0.929. The molecule has 17 heavy (non-hydrogen) atoms. The normalized spacial score (nSPS) is 10.6. The van der Waals surface area contributed by atoms with Crippen LogP contribution in [0.5, 0.6) is 0 Å². The summed E-state index contributed by atoms with van der Waals surface area (Å²) in [5.41, 5.74) is 0. The Morgan fingerprint density at radius 3 is 1.59 bits per heavy atom. The summed E-state index contributed by atoms with van der Waals surface area (Å²) in [5.74, 6) is 0. The topological polar surface area (TPSA) is 37.3 Å². The van der Waals surface area contributed by atoms with Crippen LogP contribution in [0.3, 0.4) is 0 Å². The monoisotopic (exact) mass is 246 g/mol. The van der Waals surface area contributed by atoms with E-state index in [1.807, 2.05) is 0 Å². The number of unbranched alkanes of at least 4 members (excludes halogenated alkanes) is 7. The highest BCUT2D eigenvalue weighted by molar-refractivity contribution is 5.32. The van der Waals surface area contributed by atoms with Crippen molar-refractivity contribution >= 4 is 6.47 Å². The Morgan fingerprint density at radius 1 is 0.882 bits per heavy atom. The Balaban J connectivity index is 0. The average Bonchev–Trinajstić information content (AvgIpc) is 2.22. The molecule has 0 amide bonds. The number of rotatable bonds is 9. The van der Waals surface area contributed by atoms with Crippen LogP contribution in [0.15, 0.2) is 0 Å². The van der Waals surface area contributed by atoms with Gasteiger partial charge >= 0.3 is 0 Å². The SMILES string of the molecule is CCCCCCCCCC[N+](C)(C)C.O=CO. The van der Waals surface area contributed by atoms with Crippen molar-refractivity contribution in [1.29, 1.82) is 0 Å². The first kappa shape index (κ1) is 18.8. The fourth-order valence-corrected chi connectivity index (χ4v) is 1.72. The first-order valence-corrected chi connectivity index (χ1v) is 6.86. The quantitative estimate of drug-likeness (QED) is 0.384. The molecule has 0 fully saturated rings. The molecule has 0 rings (SSSR count). The highest BCUT2D eigenvalue weighted by Gasteiger charge is 2.04. The first-order valence-electron chi connectivity index (χ1n) is 6.86. The Kier molecular flexibility index (Phi) is 14.9. The van der Waals surface area contributed by atoms with Gasteiger partial charge in [-0.3, -0.25) is 4.79 Å². The van der Waals surface area contributed by atoms with Gasteiger partial charge in [0.2, 0.25) is 0 Å². The van der Waals surface area contributed by atoms with Gasteiger partial charge in [0, 0.05) is 0 Å². The molecule has 0 aliphatic carbocycles. The molecule has 0 saturated carbocycles. The second-order valence-electron chi connectivity index (χ2n) is 5.59. The second kappa shape index (κ2) is 13.5. The minimum atomic E-state index is -0.250. The van der Waals surface area contributed by atoms with E-state index < -0.39 is 0 Å². The van der Waals surface area contributed by atoms with E-state index >= 15 is 0 Å². The molecule has 0 heterocycles. The molecule has 0 aromatic carbocycles. The molecule has 0 unspecified atom stereocenters. The molecule has 0 atom stereocenters. The highest BCUT2D eigenvalue weighted by atomic mass is 16.3. The van der Waals surface area contributed by atoms with Gasteiger partial charge in [0.1, 0.15) is 0 Å². The minimum absolute atomic E-state index is 0.250. The zero-order valence-electron chi connectivity index (χ0n) is 12.2. The van der Waals surface area contributed by atoms with Gasteiger partial charge in [0.15, 0.2) is 0 Å². The summed E-state index contributed by atoms with van der Waals surface area (Å²) < 4.78 is 1.12. The van der Waals surface area contributed by atoms with E-state index in [4.69, 9.17) is 9.90 Å². The van der Waals surface area contributed by atoms with Crippen molar-refractivity contribution in [3.63, 3.8) is 0 Å². The van der Waals surface area contributed by atoms with E-state index in [0.29, 0.717) is 0 Å². The number of carbonyl (C=O) groups is 1. The lowest BCUT2D eigenvalue weighted by molar-refractivity contribution is -0.870. The molecular weight excluding hydrogens is 214 g/mol. The summed E-state index contributed by atoms with van der Waals surface area (Å²) in [6, 6.07) is 0. The van der Waals surface area contributed by atoms with Gasteiger partial charge in [-0.2, -0.15) is 0 Å². The van der Waals surface area contributed by atoms with Gasteiger partial charge in [0.25, 0.3) is 6.47 Å². The first-order chi connectivity index (χ1) is 7.97. The maximum Gasteiger partial charge on any atom is 0.290 e. The van der Waals surface area contributed by atoms with Crippen LogP contribution in [0, 0.1) is 0 Å². The lowest BCUT2D eigenvalue weighted by Crippen LogP contribution is -2.35. The number of quaternary nitrogens is 1. The summed E-state index contributed by atoms with van der Waals surface area (Å²) >= 11 is 0. The molecule has 104 valence electrons. The molecule has 0 saturated heterocycles. The zero-order chi connectivity index (χ0) is 13.6. The van der Waals surface area contributed by atoms with E-state index in [0.717, 1.165) is 4.48 Å². The van der Waals surface area contributed by atoms with Crippen LogP contribution in [0.4, 0.5) is 0 Å². The van der Waals surface area contributed by atoms with E-state index in [2.05, 4.69) is 28.1 Å². The Labute approximate surface area is 107 Å². The van der Waals surface area contributed by atoms with Crippen LogP contribution in [0.2, 0.25) is 0 Å². The lowest BCUT2D eigenvalue weighted by Gasteiger charge is -2.23. The molecule has 1 N–H and O–H groups in total. The summed E-state index contributed by atoms with van der Waals surface area (Å²) in [4.78, 5) is 8.36. The smallest absolute Gasteiger partial charge is 0.290 e. The van der Waals surface area contributed by atoms with Crippen LogP contribution in [-0.2, 0) is 4.79 Å². The highest BCUT2D eigenvalue weighted by Crippen LogP contribution is 2.09. The van der Waals surface area contributed by atoms with Crippen molar-refractivity contribution in [2.45, 2.75) is 58.3 Å². The van der Waals surface area contributed by atoms with Crippen molar-refractivity contribution < 1.29 is 14.4 Å². The van der Waals surface area contributed by atoms with Crippen LogP contribution < -0.4 is 0 Å². The predicted octanol–water partition coefficient (Wildman–Crippen LogP) is 3.53. The molecule has 0 aliphatic heterocycles. The maximum atomic E-state index is 8.36. The summed E-state index contributed by atoms with van der Waals surface area (Å²) in [6.45, 7) is 3.36. The van der Waals surface area contributed by atoms with Gasteiger partial charge in [0.05, 0.1) is 27.7 Å². The summed E-state index contributed by atoms with van der Waals surface area (Å²) in [5, 5.41) is 6.89. The van der Waals surface area contributed by atoms with Crippen LogP contribution in [0.25, 0.3) is 0 Å². The summed E-state index contributed by atoms with van der Waals surface area (Å²) in [7, 11) is 6.84. The average molecular weight is 246 g/mol. The Morgan fingerprint density at radius 2 is 1.24 bits per heavy atom. The van der Waals surface area contributed by atoms with E-state index in [1.54, 1.807) is 0 Å². The maximum absolute atomic E-state index is 8.36. The van der Waals surface area contributed by atoms with Crippen LogP contribution in [0.1, 0.15) is 58.3 Å². The molecular formula is C14H32NO2+. The van der Waals surface area contributed by atoms with Gasteiger partial charge in [-0.1, -0.05) is 45.4 Å². The van der Waals surface area contributed by atoms with Crippen LogP contribution in [-0.4, -0.2) is 43.7 Å². The van der Waals surface area contributed by atoms with Crippen molar-refractivity contribution in [2.75, 3.05) is 27.7 Å². The van der Waals surface area contributed by atoms with E-state index in [1.165, 1.54) is 57.9 Å². The number of carboxylic acid groups (broad SMARTS) is 1. The molecule has 3 heteroatoms. The third-order valence-electron chi connectivity index (χ3n) is 2.68. The molecule has 0 bridgehead atoms. The third kappa shape index (κ3) is 25.6. The van der Waals surface area contributed by atoms with Crippen molar-refractivity contribution in [3.05, 3.63) is 0 Å². The Hall–Kier alpha value is -0.570. The number of nitrogens with zero attached hydrogens (tertiary/aromatic N) is 1. The number of hydrogen-bond acceptors (Lipinski definition) is 1. The standard InChI is InChI=1S/C13H30N.CH2O2/c1-5-6-7-8-9-10-11-12-13-14(2,3)4;2-1-3/h5-13H2,1-4H3;1H,(H,2,3)/q+1;. The largest absolute Gasteiger partial charge is 0.483 e. The second-order valence-corrected chi connectivity index (χ2v) is 5.59. The molecule has 3 nitrogen and oxygen atoms in total. The molecule has 0 radical (unpaired) electrons.